The largest absolute Gasteiger partial charge is 0.496 e. The van der Waals surface area contributed by atoms with Crippen LogP contribution >= 0.6 is 0 Å². The van der Waals surface area contributed by atoms with Crippen LogP contribution in [0.4, 0.5) is 48.7 Å². The number of carboxylic acids is 1. The number of fused-ring (bicyclic) bond motifs is 1. The lowest BCUT2D eigenvalue weighted by molar-refractivity contribution is -0.143. The van der Waals surface area contributed by atoms with Crippen LogP contribution in [0, 0.1) is 12.7 Å². The van der Waals surface area contributed by atoms with Gasteiger partial charge in [-0.2, -0.15) is 39.5 Å². The fourth-order valence-electron chi connectivity index (χ4n) is 6.28. The number of halogens is 10. The number of carbonyl (C=O) groups excluding carboxylic acids is 1. The van der Waals surface area contributed by atoms with Crippen LogP contribution in [0.5, 0.6) is 5.75 Å². The van der Waals surface area contributed by atoms with Crippen molar-refractivity contribution in [2.75, 3.05) is 13.7 Å². The number of carbonyl (C=O) groups is 2. The third-order valence-electron chi connectivity index (χ3n) is 8.88. The summed E-state index contributed by atoms with van der Waals surface area (Å²) in [6.45, 7) is 2.05. The predicted octanol–water partition coefficient (Wildman–Crippen LogP) is 11.0. The van der Waals surface area contributed by atoms with E-state index in [1.54, 1.807) is 6.92 Å². The number of rotatable bonds is 5. The molecule has 0 aromatic heterocycles. The summed E-state index contributed by atoms with van der Waals surface area (Å²) < 4.78 is 141. The number of benzene rings is 4. The van der Waals surface area contributed by atoms with Gasteiger partial charge in [0.25, 0.3) is 0 Å². The van der Waals surface area contributed by atoms with Crippen molar-refractivity contribution in [2.24, 2.45) is 0 Å². The normalized spacial score (nSPS) is 17.4. The van der Waals surface area contributed by atoms with Gasteiger partial charge in [0.1, 0.15) is 17.7 Å². The summed E-state index contributed by atoms with van der Waals surface area (Å²) in [7, 11) is 1.34. The lowest BCUT2D eigenvalue weighted by atomic mass is 9.92. The van der Waals surface area contributed by atoms with Crippen molar-refractivity contribution in [1.29, 1.82) is 0 Å². The molecule has 6 rings (SSSR count). The molecule has 2 saturated heterocycles. The highest BCUT2D eigenvalue weighted by Gasteiger charge is 2.45. The van der Waals surface area contributed by atoms with Gasteiger partial charge in [-0.1, -0.05) is 18.2 Å². The molecule has 0 saturated carbocycles. The summed E-state index contributed by atoms with van der Waals surface area (Å²) in [5, 5.41) is 9.10. The van der Waals surface area contributed by atoms with Gasteiger partial charge in [-0.25, -0.2) is 14.0 Å². The third kappa shape index (κ3) is 8.52. The van der Waals surface area contributed by atoms with Crippen LogP contribution in [0.25, 0.3) is 22.3 Å². The Bertz CT molecular complexity index is 1970. The van der Waals surface area contributed by atoms with E-state index in [2.05, 4.69) is 0 Å². The number of nitrogens with zero attached hydrogens (tertiary/aromatic N) is 1. The Balaban J connectivity index is 0.000000208. The summed E-state index contributed by atoms with van der Waals surface area (Å²) in [4.78, 5) is 24.3. The topological polar surface area (TPSA) is 76.1 Å². The molecule has 2 aliphatic heterocycles. The van der Waals surface area contributed by atoms with E-state index in [-0.39, 0.29) is 28.5 Å². The van der Waals surface area contributed by atoms with Crippen molar-refractivity contribution in [3.8, 4) is 28.0 Å². The molecule has 2 heterocycles. The van der Waals surface area contributed by atoms with Crippen LogP contribution in [0.15, 0.2) is 72.8 Å². The number of aryl methyl sites for hydroxylation is 1. The summed E-state index contributed by atoms with van der Waals surface area (Å²) >= 11 is 0. The number of amides is 1. The molecule has 53 heavy (non-hydrogen) atoms. The van der Waals surface area contributed by atoms with Crippen molar-refractivity contribution in [3.63, 3.8) is 0 Å². The number of aromatic carboxylic acids is 1. The van der Waals surface area contributed by atoms with Crippen molar-refractivity contribution < 1.29 is 68.1 Å². The highest BCUT2D eigenvalue weighted by Crippen LogP contribution is 2.43. The molecule has 282 valence electrons. The molecule has 6 nitrogen and oxygen atoms in total. The van der Waals surface area contributed by atoms with Crippen LogP contribution in [-0.2, 0) is 23.3 Å². The Morgan fingerprint density at radius 2 is 1.38 bits per heavy atom. The third-order valence-corrected chi connectivity index (χ3v) is 8.88. The van der Waals surface area contributed by atoms with Crippen LogP contribution < -0.4 is 4.74 Å². The maximum absolute atomic E-state index is 14.7. The van der Waals surface area contributed by atoms with Crippen molar-refractivity contribution in [3.05, 3.63) is 112 Å². The van der Waals surface area contributed by atoms with Crippen LogP contribution in [0.2, 0.25) is 0 Å². The average molecular weight is 758 g/mol. The number of alkyl halides is 9. The Morgan fingerprint density at radius 1 is 0.774 bits per heavy atom. The minimum Gasteiger partial charge on any atom is -0.496 e. The van der Waals surface area contributed by atoms with E-state index in [4.69, 9.17) is 14.6 Å². The summed E-state index contributed by atoms with van der Waals surface area (Å²) in [5.41, 5.74) is -1.75. The van der Waals surface area contributed by atoms with E-state index >= 15 is 0 Å². The molecule has 4 aromatic carbocycles. The van der Waals surface area contributed by atoms with Gasteiger partial charge in [0, 0.05) is 23.7 Å². The number of carboxylic acid groups (broad SMARTS) is 1. The number of cyclic esters (lactones) is 1. The predicted molar refractivity (Wildman–Crippen MR) is 171 cm³/mol. The second-order valence-electron chi connectivity index (χ2n) is 12.3. The SMILES string of the molecule is COc1cc(F)c(-c2ccc(C(=O)O)cc2C)cc1-c1ccc(C(F)(F)F)cc1.O=C1O[C@H](c2cc(C(F)(F)F)cc(C(F)(F)F)c2)C2CCCCN12. The van der Waals surface area contributed by atoms with Crippen LogP contribution in [0.3, 0.4) is 0 Å². The van der Waals surface area contributed by atoms with E-state index in [1.807, 2.05) is 0 Å². The fraction of sp³-hybridized carbons (Fsp3) is 0.297. The first-order valence-corrected chi connectivity index (χ1v) is 15.8. The molecule has 2 aliphatic rings. The zero-order valence-electron chi connectivity index (χ0n) is 27.7. The van der Waals surface area contributed by atoms with Crippen molar-refractivity contribution in [1.82, 2.24) is 4.90 Å². The molecule has 0 spiro atoms. The van der Waals surface area contributed by atoms with Gasteiger partial charge >= 0.3 is 30.6 Å². The van der Waals surface area contributed by atoms with Gasteiger partial charge in [0.05, 0.1) is 35.4 Å². The van der Waals surface area contributed by atoms with Gasteiger partial charge in [0.15, 0.2) is 0 Å². The van der Waals surface area contributed by atoms with E-state index in [0.29, 0.717) is 47.4 Å². The lowest BCUT2D eigenvalue weighted by Crippen LogP contribution is -2.38. The smallest absolute Gasteiger partial charge is 0.416 e. The first-order chi connectivity index (χ1) is 24.7. The fourth-order valence-corrected chi connectivity index (χ4v) is 6.28. The van der Waals surface area contributed by atoms with Gasteiger partial charge in [-0.05, 0) is 97.0 Å². The molecule has 2 atom stereocenters. The minimum atomic E-state index is -4.93. The number of ether oxygens (including phenoxy) is 2. The summed E-state index contributed by atoms with van der Waals surface area (Å²) in [5.74, 6) is -1.52. The average Bonchev–Trinajstić information content (AvgIpc) is 3.43. The molecule has 0 bridgehead atoms. The van der Waals surface area contributed by atoms with Crippen LogP contribution in [-0.4, -0.2) is 41.8 Å². The molecule has 1 unspecified atom stereocenters. The Labute approximate surface area is 295 Å². The van der Waals surface area contributed by atoms with E-state index in [9.17, 15) is 53.5 Å². The molecule has 2 fully saturated rings. The quantitative estimate of drug-likeness (QED) is 0.205. The van der Waals surface area contributed by atoms with E-state index < -0.39 is 65.2 Å². The standard InChI is InChI=1S/C22H16F4O3.C15H13F6NO2/c1-12-9-14(21(27)28)5-8-16(12)18-10-17(20(29-2)11-19(18)23)13-3-6-15(7-4-13)22(24,25)26;16-14(17,18)9-5-8(6-10(7-9)15(19,20)21)12-11-3-1-2-4-22(11)13(23)24-12/h3-11H,1-2H3,(H,27,28);5-7,11-12H,1-4H2/t;11?,12-/m.1/s1. The van der Waals surface area contributed by atoms with Gasteiger partial charge in [-0.3, -0.25) is 0 Å². The lowest BCUT2D eigenvalue weighted by Gasteiger charge is -2.29. The maximum Gasteiger partial charge on any atom is 0.416 e. The zero-order valence-corrected chi connectivity index (χ0v) is 27.7. The van der Waals surface area contributed by atoms with Gasteiger partial charge < -0.3 is 19.5 Å². The minimum absolute atomic E-state index is 0.0684. The molecular weight excluding hydrogens is 728 g/mol. The highest BCUT2D eigenvalue weighted by atomic mass is 19.4. The number of hydrogen-bond acceptors (Lipinski definition) is 4. The molecule has 1 amide bonds. The second kappa shape index (κ2) is 14.6. The molecule has 1 N–H and O–H groups in total. The summed E-state index contributed by atoms with van der Waals surface area (Å²) in [6.07, 6.45) is -14.2. The molecule has 16 heteroatoms. The molecular formula is C37H29F10NO5. The first kappa shape index (κ1) is 38.9. The van der Waals surface area contributed by atoms with Crippen LogP contribution in [0.1, 0.15) is 63.5 Å². The monoisotopic (exact) mass is 757 g/mol. The molecule has 0 radical (unpaired) electrons. The Kier molecular flexibility index (Phi) is 10.7. The van der Waals surface area contributed by atoms with Gasteiger partial charge in [-0.15, -0.1) is 0 Å². The Hall–Kier alpha value is -5.28. The highest BCUT2D eigenvalue weighted by molar-refractivity contribution is 5.89. The number of methoxy groups -OCH3 is 1. The Morgan fingerprint density at radius 3 is 1.91 bits per heavy atom. The van der Waals surface area contributed by atoms with Gasteiger partial charge in [0.2, 0.25) is 0 Å². The van der Waals surface area contributed by atoms with E-state index in [0.717, 1.165) is 31.0 Å². The molecule has 4 aromatic rings. The zero-order chi connectivity index (χ0) is 39.0. The van der Waals surface area contributed by atoms with Crippen molar-refractivity contribution >= 4 is 12.1 Å². The maximum atomic E-state index is 14.7. The van der Waals surface area contributed by atoms with E-state index in [1.165, 1.54) is 48.4 Å². The second-order valence-corrected chi connectivity index (χ2v) is 12.3. The first-order valence-electron chi connectivity index (χ1n) is 15.8. The number of hydrogen-bond donors (Lipinski definition) is 1. The molecule has 0 aliphatic carbocycles. The van der Waals surface area contributed by atoms with Crippen molar-refractivity contribution in [2.45, 2.75) is 56.9 Å². The summed E-state index contributed by atoms with van der Waals surface area (Å²) in [6, 6.07) is 12.2. The number of piperidine rings is 1.